The number of aryl methyl sites for hydroxylation is 1. The Morgan fingerprint density at radius 3 is 2.32 bits per heavy atom. The van der Waals surface area contributed by atoms with E-state index in [-0.39, 0.29) is 0 Å². The van der Waals surface area contributed by atoms with Gasteiger partial charge in [-0.1, -0.05) is 77.7 Å². The van der Waals surface area contributed by atoms with Crippen LogP contribution in [0, 0.1) is 17.3 Å². The van der Waals surface area contributed by atoms with Crippen molar-refractivity contribution in [2.45, 2.75) is 135 Å². The van der Waals surface area contributed by atoms with Crippen LogP contribution in [0.1, 0.15) is 134 Å². The maximum Gasteiger partial charge on any atom is 0.119 e. The molecule has 0 radical (unpaired) electrons. The Morgan fingerprint density at radius 1 is 0.838 bits per heavy atom. The maximum absolute atomic E-state index is 5.51. The van der Waals surface area contributed by atoms with Crippen LogP contribution in [0.5, 0.6) is 5.75 Å². The second-order valence-electron chi connectivity index (χ2n) is 12.9. The Hall–Kier alpha value is -1.06. The molecule has 0 heterocycles. The van der Waals surface area contributed by atoms with Gasteiger partial charge in [-0.15, -0.1) is 0 Å². The molecule has 4 rings (SSSR count). The fourth-order valence-corrected chi connectivity index (χ4v) is 8.37. The van der Waals surface area contributed by atoms with E-state index in [1.807, 2.05) is 0 Å². The van der Waals surface area contributed by atoms with Gasteiger partial charge in [0, 0.05) is 6.04 Å². The molecule has 1 aromatic rings. The number of unbranched alkanes of at least 4 members (excludes halogenated alkanes) is 9. The zero-order valence-corrected chi connectivity index (χ0v) is 24.6. The van der Waals surface area contributed by atoms with Crippen LogP contribution >= 0.6 is 0 Å². The van der Waals surface area contributed by atoms with Crippen molar-refractivity contribution in [3.63, 3.8) is 0 Å². The molecule has 4 unspecified atom stereocenters. The predicted octanol–water partition coefficient (Wildman–Crippen LogP) is 8.41. The molecule has 0 saturated heterocycles. The number of ether oxygens (including phenoxy) is 1. The van der Waals surface area contributed by atoms with Crippen molar-refractivity contribution in [2.24, 2.45) is 17.3 Å². The van der Waals surface area contributed by atoms with E-state index in [1.165, 1.54) is 129 Å². The Balaban J connectivity index is 1.08. The lowest BCUT2D eigenvalue weighted by Crippen LogP contribution is -2.49. The molecule has 3 aliphatic carbocycles. The van der Waals surface area contributed by atoms with Gasteiger partial charge in [-0.25, -0.2) is 0 Å². The topological polar surface area (TPSA) is 33.3 Å². The van der Waals surface area contributed by atoms with E-state index in [2.05, 4.69) is 42.7 Å². The number of hydrogen-bond donors (Lipinski definition) is 2. The smallest absolute Gasteiger partial charge is 0.119 e. The van der Waals surface area contributed by atoms with E-state index in [0.717, 1.165) is 29.5 Å². The molecule has 0 amide bonds. The summed E-state index contributed by atoms with van der Waals surface area (Å²) in [4.78, 5) is 0. The number of rotatable bonds is 17. The van der Waals surface area contributed by atoms with Crippen molar-refractivity contribution < 1.29 is 4.74 Å². The molecule has 2 saturated carbocycles. The second-order valence-corrected chi connectivity index (χ2v) is 12.9. The summed E-state index contributed by atoms with van der Waals surface area (Å²) in [6.45, 7) is 8.48. The molecule has 2 N–H and O–H groups in total. The highest BCUT2D eigenvalue weighted by Gasteiger charge is 2.54. The minimum Gasteiger partial charge on any atom is -0.497 e. The Morgan fingerprint density at radius 2 is 1.57 bits per heavy atom. The van der Waals surface area contributed by atoms with E-state index in [4.69, 9.17) is 4.74 Å². The predicted molar refractivity (Wildman–Crippen MR) is 159 cm³/mol. The molecule has 0 aromatic heterocycles. The van der Waals surface area contributed by atoms with E-state index < -0.39 is 0 Å². The van der Waals surface area contributed by atoms with E-state index >= 15 is 0 Å². The minimum atomic E-state index is 0.495. The average Bonchev–Trinajstić information content (AvgIpc) is 3.26. The van der Waals surface area contributed by atoms with Crippen LogP contribution in [-0.4, -0.2) is 32.8 Å². The lowest BCUT2D eigenvalue weighted by molar-refractivity contribution is 0.0412. The fourth-order valence-electron chi connectivity index (χ4n) is 8.37. The van der Waals surface area contributed by atoms with E-state index in [1.54, 1.807) is 18.2 Å². The minimum absolute atomic E-state index is 0.495. The van der Waals surface area contributed by atoms with Crippen LogP contribution < -0.4 is 15.4 Å². The molecule has 0 aliphatic heterocycles. The summed E-state index contributed by atoms with van der Waals surface area (Å²) in [5.74, 6) is 3.59. The third kappa shape index (κ3) is 7.53. The lowest BCUT2D eigenvalue weighted by atomic mass is 9.55. The first-order valence-corrected chi connectivity index (χ1v) is 16.3. The Labute approximate surface area is 229 Å². The van der Waals surface area contributed by atoms with Gasteiger partial charge in [-0.05, 0) is 117 Å². The molecule has 3 nitrogen and oxygen atoms in total. The third-order valence-electron chi connectivity index (χ3n) is 10.6. The second kappa shape index (κ2) is 14.9. The summed E-state index contributed by atoms with van der Waals surface area (Å²) in [6.07, 6.45) is 23.7. The fraction of sp³-hybridized carbons (Fsp3) is 0.824. The van der Waals surface area contributed by atoms with Gasteiger partial charge in [-0.3, -0.25) is 0 Å². The van der Waals surface area contributed by atoms with Crippen molar-refractivity contribution in [1.82, 2.24) is 10.6 Å². The summed E-state index contributed by atoms with van der Waals surface area (Å²) < 4.78 is 5.51. The molecule has 1 aromatic carbocycles. The molecular formula is C34H58N2O. The van der Waals surface area contributed by atoms with Gasteiger partial charge in [0.1, 0.15) is 5.75 Å². The van der Waals surface area contributed by atoms with Crippen LogP contribution in [0.4, 0.5) is 0 Å². The van der Waals surface area contributed by atoms with Gasteiger partial charge in [-0.2, -0.15) is 0 Å². The Kier molecular flexibility index (Phi) is 11.7. The molecule has 3 heteroatoms. The van der Waals surface area contributed by atoms with Crippen molar-refractivity contribution in [2.75, 3.05) is 26.7 Å². The summed E-state index contributed by atoms with van der Waals surface area (Å²) in [5.41, 5.74) is 3.69. The van der Waals surface area contributed by atoms with Gasteiger partial charge in [0.2, 0.25) is 0 Å². The zero-order valence-electron chi connectivity index (χ0n) is 24.6. The number of methoxy groups -OCH3 is 1. The standard InChI is InChI=1S/C34H58N2O/c1-4-5-6-7-8-9-10-11-12-13-23-35-24-14-25-36-33-20-19-32-31-17-15-27-26-28(37-3)16-18-29(27)30(31)21-22-34(32,33)2/h16,18,26,30-33,35-36H,4-15,17,19-25H2,1-3H3/t30?,31?,32?,33?,34-/m0/s1. The van der Waals surface area contributed by atoms with Gasteiger partial charge >= 0.3 is 0 Å². The average molecular weight is 511 g/mol. The number of benzene rings is 1. The molecular weight excluding hydrogens is 452 g/mol. The van der Waals surface area contributed by atoms with E-state index in [0.29, 0.717) is 5.41 Å². The van der Waals surface area contributed by atoms with Crippen LogP contribution in [0.15, 0.2) is 18.2 Å². The van der Waals surface area contributed by atoms with Crippen LogP contribution in [0.2, 0.25) is 0 Å². The summed E-state index contributed by atoms with van der Waals surface area (Å²) in [7, 11) is 1.79. The molecule has 210 valence electrons. The molecule has 5 atom stereocenters. The first kappa shape index (κ1) is 28.9. The van der Waals surface area contributed by atoms with Crippen molar-refractivity contribution in [3.05, 3.63) is 29.3 Å². The van der Waals surface area contributed by atoms with Crippen molar-refractivity contribution >= 4 is 0 Å². The van der Waals surface area contributed by atoms with Crippen molar-refractivity contribution in [3.8, 4) is 5.75 Å². The summed E-state index contributed by atoms with van der Waals surface area (Å²) in [5, 5.41) is 7.75. The molecule has 37 heavy (non-hydrogen) atoms. The largest absolute Gasteiger partial charge is 0.497 e. The number of hydrogen-bond acceptors (Lipinski definition) is 3. The van der Waals surface area contributed by atoms with Gasteiger partial charge in [0.25, 0.3) is 0 Å². The molecule has 2 fully saturated rings. The van der Waals surface area contributed by atoms with Crippen LogP contribution in [0.3, 0.4) is 0 Å². The zero-order chi connectivity index (χ0) is 25.9. The quantitative estimate of drug-likeness (QED) is 0.206. The van der Waals surface area contributed by atoms with Gasteiger partial charge in [0.15, 0.2) is 0 Å². The monoisotopic (exact) mass is 510 g/mol. The SMILES string of the molecule is CCCCCCCCCCCCNCCCNC1CCC2C3CCc4cc(OC)ccc4C3CC[C@]12C. The number of fused-ring (bicyclic) bond motifs is 5. The Bertz CT molecular complexity index is 794. The first-order valence-electron chi connectivity index (χ1n) is 16.3. The maximum atomic E-state index is 5.51. The van der Waals surface area contributed by atoms with Crippen LogP contribution in [0.25, 0.3) is 0 Å². The van der Waals surface area contributed by atoms with Crippen molar-refractivity contribution in [1.29, 1.82) is 0 Å². The third-order valence-corrected chi connectivity index (χ3v) is 10.6. The number of nitrogens with one attached hydrogen (secondary N) is 2. The summed E-state index contributed by atoms with van der Waals surface area (Å²) >= 11 is 0. The lowest BCUT2D eigenvalue weighted by Gasteiger charge is -2.51. The van der Waals surface area contributed by atoms with Gasteiger partial charge < -0.3 is 15.4 Å². The summed E-state index contributed by atoms with van der Waals surface area (Å²) in [6, 6.07) is 7.61. The highest BCUT2D eigenvalue weighted by molar-refractivity contribution is 5.40. The molecule has 0 spiro atoms. The van der Waals surface area contributed by atoms with Crippen LogP contribution in [-0.2, 0) is 6.42 Å². The molecule has 3 aliphatic rings. The highest BCUT2D eigenvalue weighted by Crippen LogP contribution is 2.60. The van der Waals surface area contributed by atoms with Gasteiger partial charge in [0.05, 0.1) is 7.11 Å². The highest BCUT2D eigenvalue weighted by atomic mass is 16.5. The van der Waals surface area contributed by atoms with E-state index in [9.17, 15) is 0 Å². The molecule has 0 bridgehead atoms. The normalized spacial score (nSPS) is 28.5. The first-order chi connectivity index (χ1) is 18.2.